The molecule has 0 aliphatic carbocycles. The highest BCUT2D eigenvalue weighted by molar-refractivity contribution is 6.30. The molecule has 0 fully saturated rings. The number of hydrogen-bond donors (Lipinski definition) is 0. The Morgan fingerprint density at radius 3 is 2.50 bits per heavy atom. The van der Waals surface area contributed by atoms with E-state index in [-0.39, 0.29) is 5.22 Å². The Balaban J connectivity index is 2.50. The second-order valence-electron chi connectivity index (χ2n) is 2.78. The largest absolute Gasteiger partial charge is 0.443 e. The van der Waals surface area contributed by atoms with Crippen LogP contribution in [0.5, 0.6) is 0 Å². The molecule has 0 aliphatic heterocycles. The normalized spacial score (nSPS) is 9.71. The van der Waals surface area contributed by atoms with Gasteiger partial charge in [0.1, 0.15) is 17.4 Å². The van der Waals surface area contributed by atoms with E-state index >= 15 is 0 Å². The predicted molar refractivity (Wildman–Crippen MR) is 53.9 cm³/mol. The summed E-state index contributed by atoms with van der Waals surface area (Å²) in [4.78, 5) is 0. The first kappa shape index (κ1) is 8.86. The number of halogens is 1. The maximum atomic E-state index is 8.68. The highest BCUT2D eigenvalue weighted by Gasteiger charge is 2.09. The van der Waals surface area contributed by atoms with Crippen LogP contribution in [0.25, 0.3) is 11.3 Å². The van der Waals surface area contributed by atoms with E-state index < -0.39 is 0 Å². The van der Waals surface area contributed by atoms with Crippen molar-refractivity contribution in [1.29, 1.82) is 5.26 Å². The molecule has 0 radical (unpaired) electrons. The lowest BCUT2D eigenvalue weighted by molar-refractivity contribution is 0.583. The first-order valence-corrected chi connectivity index (χ1v) is 4.44. The van der Waals surface area contributed by atoms with Gasteiger partial charge in [0.05, 0.1) is 0 Å². The summed E-state index contributed by atoms with van der Waals surface area (Å²) < 4.78 is 5.23. The fourth-order valence-electron chi connectivity index (χ4n) is 1.19. The third-order valence-corrected chi connectivity index (χ3v) is 2.15. The molecule has 2 aromatic rings. The molecule has 0 amide bonds. The van der Waals surface area contributed by atoms with Gasteiger partial charge in [0.15, 0.2) is 0 Å². The van der Waals surface area contributed by atoms with Crippen molar-refractivity contribution in [2.24, 2.45) is 0 Å². The van der Waals surface area contributed by atoms with Gasteiger partial charge in [-0.05, 0) is 11.6 Å². The second kappa shape index (κ2) is 3.57. The summed E-state index contributed by atoms with van der Waals surface area (Å²) in [7, 11) is 0. The molecule has 0 unspecified atom stereocenters. The molecule has 1 heterocycles. The van der Waals surface area contributed by atoms with Crippen molar-refractivity contribution in [3.8, 4) is 17.4 Å². The van der Waals surface area contributed by atoms with E-state index in [0.717, 1.165) is 5.56 Å². The molecule has 2 rings (SSSR count). The van der Waals surface area contributed by atoms with Crippen LogP contribution in [0.4, 0.5) is 0 Å². The van der Waals surface area contributed by atoms with Crippen molar-refractivity contribution in [3.05, 3.63) is 47.2 Å². The molecule has 0 saturated heterocycles. The fourth-order valence-corrected chi connectivity index (χ4v) is 1.37. The van der Waals surface area contributed by atoms with Gasteiger partial charge in [-0.25, -0.2) is 0 Å². The number of nitriles is 1. The number of nitrogens with zero attached hydrogens (tertiary/aromatic N) is 1. The number of rotatable bonds is 1. The molecule has 0 spiro atoms. The highest BCUT2D eigenvalue weighted by Crippen LogP contribution is 2.27. The summed E-state index contributed by atoms with van der Waals surface area (Å²) in [5.41, 5.74) is 1.28. The van der Waals surface area contributed by atoms with Crippen LogP contribution >= 0.6 is 11.6 Å². The van der Waals surface area contributed by atoms with Crippen molar-refractivity contribution in [2.75, 3.05) is 0 Å². The molecule has 1 aromatic heterocycles. The lowest BCUT2D eigenvalue weighted by atomic mass is 10.1. The topological polar surface area (TPSA) is 36.9 Å². The molecule has 0 bridgehead atoms. The standard InChI is InChI=1S/C11H6ClNO/c12-11-9(7-13)6-10(14-11)8-4-2-1-3-5-8/h1-6H. The lowest BCUT2D eigenvalue weighted by Crippen LogP contribution is -1.70. The van der Waals surface area contributed by atoms with E-state index in [1.54, 1.807) is 6.07 Å². The van der Waals surface area contributed by atoms with Crippen LogP contribution in [-0.4, -0.2) is 0 Å². The van der Waals surface area contributed by atoms with Gasteiger partial charge >= 0.3 is 0 Å². The maximum Gasteiger partial charge on any atom is 0.211 e. The van der Waals surface area contributed by atoms with Gasteiger partial charge in [-0.2, -0.15) is 5.26 Å². The summed E-state index contributed by atoms with van der Waals surface area (Å²) in [6.45, 7) is 0. The molecule has 2 nitrogen and oxygen atoms in total. The Morgan fingerprint density at radius 1 is 1.21 bits per heavy atom. The van der Waals surface area contributed by atoms with Crippen molar-refractivity contribution in [2.45, 2.75) is 0 Å². The van der Waals surface area contributed by atoms with Gasteiger partial charge in [-0.15, -0.1) is 0 Å². The maximum absolute atomic E-state index is 8.68. The zero-order chi connectivity index (χ0) is 9.97. The average Bonchev–Trinajstić information content (AvgIpc) is 2.61. The Hall–Kier alpha value is -1.72. The summed E-state index contributed by atoms with van der Waals surface area (Å²) in [6.07, 6.45) is 0. The first-order chi connectivity index (χ1) is 6.81. The van der Waals surface area contributed by atoms with Gasteiger partial charge in [0, 0.05) is 11.6 Å². The fraction of sp³-hybridized carbons (Fsp3) is 0. The predicted octanol–water partition coefficient (Wildman–Crippen LogP) is 3.47. The minimum Gasteiger partial charge on any atom is -0.443 e. The van der Waals surface area contributed by atoms with E-state index in [4.69, 9.17) is 21.3 Å². The quantitative estimate of drug-likeness (QED) is 0.712. The molecular formula is C11H6ClNO. The molecule has 0 saturated carbocycles. The molecule has 3 heteroatoms. The van der Waals surface area contributed by atoms with Gasteiger partial charge in [0.2, 0.25) is 5.22 Å². The third kappa shape index (κ3) is 1.50. The number of furan rings is 1. The van der Waals surface area contributed by atoms with Gasteiger partial charge < -0.3 is 4.42 Å². The van der Waals surface area contributed by atoms with Crippen LogP contribution in [0.2, 0.25) is 5.22 Å². The SMILES string of the molecule is N#Cc1cc(-c2ccccc2)oc1Cl. The average molecular weight is 204 g/mol. The van der Waals surface area contributed by atoms with Crippen LogP contribution in [0.3, 0.4) is 0 Å². The Morgan fingerprint density at radius 2 is 1.93 bits per heavy atom. The van der Waals surface area contributed by atoms with Crippen molar-refractivity contribution >= 4 is 11.6 Å². The minimum absolute atomic E-state index is 0.145. The van der Waals surface area contributed by atoms with E-state index in [1.165, 1.54) is 0 Å². The molecule has 14 heavy (non-hydrogen) atoms. The number of benzene rings is 1. The Labute approximate surface area is 86.3 Å². The van der Waals surface area contributed by atoms with Crippen LogP contribution in [0, 0.1) is 11.3 Å². The first-order valence-electron chi connectivity index (χ1n) is 4.06. The Bertz CT molecular complexity index is 482. The molecular weight excluding hydrogens is 198 g/mol. The van der Waals surface area contributed by atoms with E-state index in [0.29, 0.717) is 11.3 Å². The van der Waals surface area contributed by atoms with Crippen molar-refractivity contribution in [3.63, 3.8) is 0 Å². The number of hydrogen-bond acceptors (Lipinski definition) is 2. The van der Waals surface area contributed by atoms with Crippen molar-refractivity contribution in [1.82, 2.24) is 0 Å². The molecule has 0 N–H and O–H groups in total. The van der Waals surface area contributed by atoms with E-state index in [1.807, 2.05) is 36.4 Å². The smallest absolute Gasteiger partial charge is 0.211 e. The monoisotopic (exact) mass is 203 g/mol. The van der Waals surface area contributed by atoms with Crippen LogP contribution in [0.1, 0.15) is 5.56 Å². The van der Waals surface area contributed by atoms with Crippen LogP contribution in [0.15, 0.2) is 40.8 Å². The van der Waals surface area contributed by atoms with Crippen LogP contribution < -0.4 is 0 Å². The highest BCUT2D eigenvalue weighted by atomic mass is 35.5. The molecule has 1 aromatic carbocycles. The third-order valence-electron chi connectivity index (χ3n) is 1.87. The summed E-state index contributed by atoms with van der Waals surface area (Å²) >= 11 is 5.71. The molecule has 0 aliphatic rings. The molecule has 0 atom stereocenters. The summed E-state index contributed by atoms with van der Waals surface area (Å²) in [5, 5.41) is 8.83. The summed E-state index contributed by atoms with van der Waals surface area (Å²) in [5.74, 6) is 0.618. The summed E-state index contributed by atoms with van der Waals surface area (Å²) in [6, 6.07) is 13.1. The Kier molecular flexibility index (Phi) is 2.26. The van der Waals surface area contributed by atoms with Gasteiger partial charge in [0.25, 0.3) is 0 Å². The second-order valence-corrected chi connectivity index (χ2v) is 3.12. The van der Waals surface area contributed by atoms with Gasteiger partial charge in [-0.1, -0.05) is 30.3 Å². The van der Waals surface area contributed by atoms with Crippen molar-refractivity contribution < 1.29 is 4.42 Å². The van der Waals surface area contributed by atoms with E-state index in [9.17, 15) is 0 Å². The van der Waals surface area contributed by atoms with Gasteiger partial charge in [-0.3, -0.25) is 0 Å². The lowest BCUT2D eigenvalue weighted by Gasteiger charge is -1.93. The zero-order valence-electron chi connectivity index (χ0n) is 7.20. The zero-order valence-corrected chi connectivity index (χ0v) is 7.95. The molecule has 68 valence electrons. The minimum atomic E-state index is 0.145. The van der Waals surface area contributed by atoms with Crippen LogP contribution in [-0.2, 0) is 0 Å². The van der Waals surface area contributed by atoms with E-state index in [2.05, 4.69) is 0 Å².